The van der Waals surface area contributed by atoms with Gasteiger partial charge in [0.2, 0.25) is 0 Å². The van der Waals surface area contributed by atoms with Crippen molar-refractivity contribution in [3.05, 3.63) is 44.0 Å². The zero-order valence-corrected chi connectivity index (χ0v) is 14.2. The van der Waals surface area contributed by atoms with Gasteiger partial charge in [-0.15, -0.1) is 0 Å². The van der Waals surface area contributed by atoms with E-state index in [1.165, 1.54) is 0 Å². The highest BCUT2D eigenvalue weighted by atomic mass is 79.9. The predicted octanol–water partition coefficient (Wildman–Crippen LogP) is 4.86. The Morgan fingerprint density at radius 2 is 1.68 bits per heavy atom. The van der Waals surface area contributed by atoms with Gasteiger partial charge in [-0.2, -0.15) is 0 Å². The van der Waals surface area contributed by atoms with E-state index in [9.17, 15) is 0 Å². The van der Waals surface area contributed by atoms with Gasteiger partial charge in [-0.25, -0.2) is 4.98 Å². The fourth-order valence-corrected chi connectivity index (χ4v) is 3.02. The average molecular weight is 385 g/mol. The molecule has 5 heteroatoms. The number of halogens is 2. The van der Waals surface area contributed by atoms with Crippen LogP contribution in [0.25, 0.3) is 0 Å². The van der Waals surface area contributed by atoms with Gasteiger partial charge in [0.25, 0.3) is 0 Å². The molecule has 0 saturated carbocycles. The summed E-state index contributed by atoms with van der Waals surface area (Å²) in [7, 11) is 0. The van der Waals surface area contributed by atoms with Gasteiger partial charge in [0.05, 0.1) is 16.4 Å². The van der Waals surface area contributed by atoms with Crippen molar-refractivity contribution in [2.75, 3.05) is 11.1 Å². The first-order valence-electron chi connectivity index (χ1n) is 5.84. The highest BCUT2D eigenvalue weighted by molar-refractivity contribution is 9.11. The van der Waals surface area contributed by atoms with Crippen molar-refractivity contribution < 1.29 is 0 Å². The number of hydrogen-bond donors (Lipinski definition) is 2. The number of hydrogen-bond acceptors (Lipinski definition) is 3. The summed E-state index contributed by atoms with van der Waals surface area (Å²) >= 11 is 7.04. The molecule has 1 aromatic carbocycles. The maximum atomic E-state index is 5.84. The first kappa shape index (κ1) is 14.3. The molecule has 3 N–H and O–H groups in total. The fourth-order valence-electron chi connectivity index (χ4n) is 1.91. The molecule has 0 radical (unpaired) electrons. The Bertz CT molecular complexity index is 616. The van der Waals surface area contributed by atoms with Crippen molar-refractivity contribution in [2.24, 2.45) is 0 Å². The van der Waals surface area contributed by atoms with Crippen LogP contribution in [0.2, 0.25) is 0 Å². The highest BCUT2D eigenvalue weighted by Gasteiger charge is 2.10. The predicted molar refractivity (Wildman–Crippen MR) is 88.0 cm³/mol. The van der Waals surface area contributed by atoms with E-state index in [1.54, 1.807) is 6.20 Å². The van der Waals surface area contributed by atoms with Gasteiger partial charge in [0, 0.05) is 10.2 Å². The minimum atomic E-state index is 0.682. The standard InChI is InChI=1S/C14H15Br2N3/c1-7-4-10(15)5-8(2)13(7)19-14-12(16)9(3)11(17)6-18-14/h4-6H,17H2,1-3H3,(H,18,19). The van der Waals surface area contributed by atoms with Crippen LogP contribution in [0.1, 0.15) is 16.7 Å². The number of nitrogens with zero attached hydrogens (tertiary/aromatic N) is 1. The number of pyridine rings is 1. The molecule has 0 aliphatic carbocycles. The van der Waals surface area contributed by atoms with Gasteiger partial charge in [0.1, 0.15) is 5.82 Å². The van der Waals surface area contributed by atoms with E-state index >= 15 is 0 Å². The Morgan fingerprint density at radius 1 is 1.11 bits per heavy atom. The maximum Gasteiger partial charge on any atom is 0.145 e. The molecule has 0 aliphatic rings. The second-order valence-corrected chi connectivity index (χ2v) is 6.25. The number of nitrogens with two attached hydrogens (primary N) is 1. The summed E-state index contributed by atoms with van der Waals surface area (Å²) in [4.78, 5) is 4.34. The quantitative estimate of drug-likeness (QED) is 0.777. The molecule has 1 aromatic heterocycles. The van der Waals surface area contributed by atoms with E-state index in [1.807, 2.05) is 6.92 Å². The summed E-state index contributed by atoms with van der Waals surface area (Å²) in [6.45, 7) is 6.10. The molecule has 0 atom stereocenters. The second kappa shape index (κ2) is 5.51. The molecule has 0 saturated heterocycles. The number of rotatable bonds is 2. The van der Waals surface area contributed by atoms with Gasteiger partial charge in [-0.3, -0.25) is 0 Å². The Morgan fingerprint density at radius 3 is 2.26 bits per heavy atom. The number of aryl methyl sites for hydroxylation is 2. The van der Waals surface area contributed by atoms with Crippen LogP contribution in [-0.2, 0) is 0 Å². The van der Waals surface area contributed by atoms with Crippen molar-refractivity contribution in [2.45, 2.75) is 20.8 Å². The van der Waals surface area contributed by atoms with Crippen LogP contribution < -0.4 is 11.1 Å². The van der Waals surface area contributed by atoms with Crippen LogP contribution >= 0.6 is 31.9 Å². The third kappa shape index (κ3) is 2.92. The lowest BCUT2D eigenvalue weighted by Crippen LogP contribution is -2.02. The number of anilines is 3. The van der Waals surface area contributed by atoms with Gasteiger partial charge in [0.15, 0.2) is 0 Å². The van der Waals surface area contributed by atoms with E-state index < -0.39 is 0 Å². The molecule has 0 amide bonds. The molecule has 0 spiro atoms. The number of aromatic nitrogens is 1. The molecule has 19 heavy (non-hydrogen) atoms. The van der Waals surface area contributed by atoms with Crippen LogP contribution in [0.5, 0.6) is 0 Å². The zero-order valence-electron chi connectivity index (χ0n) is 11.0. The van der Waals surface area contributed by atoms with Gasteiger partial charge in [-0.05, 0) is 65.5 Å². The molecule has 1 heterocycles. The normalized spacial score (nSPS) is 10.6. The zero-order chi connectivity index (χ0) is 14.2. The molecule has 3 nitrogen and oxygen atoms in total. The summed E-state index contributed by atoms with van der Waals surface area (Å²) in [5, 5.41) is 3.37. The lowest BCUT2D eigenvalue weighted by atomic mass is 10.1. The van der Waals surface area contributed by atoms with Gasteiger partial charge < -0.3 is 11.1 Å². The number of nitrogens with one attached hydrogen (secondary N) is 1. The van der Waals surface area contributed by atoms with Crippen LogP contribution in [0.3, 0.4) is 0 Å². The first-order valence-corrected chi connectivity index (χ1v) is 7.43. The van der Waals surface area contributed by atoms with Crippen LogP contribution in [0.4, 0.5) is 17.2 Å². The minimum absolute atomic E-state index is 0.682. The van der Waals surface area contributed by atoms with Crippen molar-refractivity contribution in [1.29, 1.82) is 0 Å². The van der Waals surface area contributed by atoms with E-state index in [-0.39, 0.29) is 0 Å². The van der Waals surface area contributed by atoms with Crippen molar-refractivity contribution >= 4 is 49.1 Å². The van der Waals surface area contributed by atoms with Gasteiger partial charge >= 0.3 is 0 Å². The smallest absolute Gasteiger partial charge is 0.145 e. The summed E-state index contributed by atoms with van der Waals surface area (Å²) < 4.78 is 1.97. The molecule has 0 unspecified atom stereocenters. The van der Waals surface area contributed by atoms with E-state index in [0.717, 1.165) is 37.1 Å². The van der Waals surface area contributed by atoms with E-state index in [4.69, 9.17) is 5.73 Å². The molecule has 0 bridgehead atoms. The van der Waals surface area contributed by atoms with E-state index in [0.29, 0.717) is 5.69 Å². The lowest BCUT2D eigenvalue weighted by Gasteiger charge is -2.15. The third-order valence-electron chi connectivity index (χ3n) is 3.04. The summed E-state index contributed by atoms with van der Waals surface area (Å²) in [6, 6.07) is 4.15. The van der Waals surface area contributed by atoms with Crippen LogP contribution in [-0.4, -0.2) is 4.98 Å². The monoisotopic (exact) mass is 383 g/mol. The molecule has 2 aromatic rings. The minimum Gasteiger partial charge on any atom is -0.397 e. The van der Waals surface area contributed by atoms with Crippen LogP contribution in [0.15, 0.2) is 27.3 Å². The Balaban J connectivity index is 2.45. The molecule has 2 rings (SSSR count). The molecular formula is C14H15Br2N3. The van der Waals surface area contributed by atoms with Crippen LogP contribution in [0, 0.1) is 20.8 Å². The summed E-state index contributed by atoms with van der Waals surface area (Å²) in [6.07, 6.45) is 1.67. The second-order valence-electron chi connectivity index (χ2n) is 4.54. The van der Waals surface area contributed by atoms with Crippen molar-refractivity contribution in [1.82, 2.24) is 4.98 Å². The Hall–Kier alpha value is -1.07. The lowest BCUT2D eigenvalue weighted by molar-refractivity contribution is 1.24. The topological polar surface area (TPSA) is 50.9 Å². The number of benzene rings is 1. The molecule has 0 fully saturated rings. The largest absolute Gasteiger partial charge is 0.397 e. The highest BCUT2D eigenvalue weighted by Crippen LogP contribution is 2.33. The number of nitrogen functional groups attached to an aromatic ring is 1. The third-order valence-corrected chi connectivity index (χ3v) is 4.47. The summed E-state index contributed by atoms with van der Waals surface area (Å²) in [5.41, 5.74) is 10.9. The van der Waals surface area contributed by atoms with Gasteiger partial charge in [-0.1, -0.05) is 15.9 Å². The molecular weight excluding hydrogens is 370 g/mol. The molecule has 100 valence electrons. The average Bonchev–Trinajstić information content (AvgIpc) is 2.33. The van der Waals surface area contributed by atoms with E-state index in [2.05, 4.69) is 68.1 Å². The molecule has 0 aliphatic heterocycles. The Labute approximate surface area is 129 Å². The fraction of sp³-hybridized carbons (Fsp3) is 0.214. The Kier molecular flexibility index (Phi) is 4.16. The first-order chi connectivity index (χ1) is 8.90. The van der Waals surface area contributed by atoms with Crippen molar-refractivity contribution in [3.8, 4) is 0 Å². The maximum absolute atomic E-state index is 5.84. The van der Waals surface area contributed by atoms with Crippen molar-refractivity contribution in [3.63, 3.8) is 0 Å². The summed E-state index contributed by atoms with van der Waals surface area (Å²) in [5.74, 6) is 0.778. The SMILES string of the molecule is Cc1cc(Br)cc(C)c1Nc1ncc(N)c(C)c1Br.